The van der Waals surface area contributed by atoms with Gasteiger partial charge in [-0.25, -0.2) is 9.97 Å². The molecule has 1 aromatic heterocycles. The molecular formula is C25H29N5O2. The highest BCUT2D eigenvalue weighted by Gasteiger charge is 2.22. The van der Waals surface area contributed by atoms with Crippen molar-refractivity contribution in [2.45, 2.75) is 20.5 Å². The molecule has 7 heteroatoms. The molecule has 1 aliphatic rings. The number of benzene rings is 2. The molecular weight excluding hydrogens is 402 g/mol. The van der Waals surface area contributed by atoms with E-state index in [1.54, 1.807) is 0 Å². The van der Waals surface area contributed by atoms with Crippen molar-refractivity contribution in [1.82, 2.24) is 14.9 Å². The molecule has 0 bridgehead atoms. The summed E-state index contributed by atoms with van der Waals surface area (Å²) in [5.74, 6) is 2.38. The molecule has 0 saturated carbocycles. The molecule has 7 nitrogen and oxygen atoms in total. The van der Waals surface area contributed by atoms with E-state index in [4.69, 9.17) is 4.74 Å². The van der Waals surface area contributed by atoms with Gasteiger partial charge >= 0.3 is 0 Å². The summed E-state index contributed by atoms with van der Waals surface area (Å²) in [6.45, 7) is 7.27. The quantitative estimate of drug-likeness (QED) is 0.615. The molecule has 3 aromatic rings. The van der Waals surface area contributed by atoms with Crippen LogP contribution in [0.4, 0.5) is 17.3 Å². The molecule has 32 heavy (non-hydrogen) atoms. The first-order chi connectivity index (χ1) is 15.6. The minimum atomic E-state index is 0.0289. The number of hydrogen-bond acceptors (Lipinski definition) is 6. The topological polar surface area (TPSA) is 70.6 Å². The van der Waals surface area contributed by atoms with E-state index in [1.165, 1.54) is 5.56 Å². The predicted molar refractivity (Wildman–Crippen MR) is 126 cm³/mol. The van der Waals surface area contributed by atoms with Gasteiger partial charge in [0, 0.05) is 37.9 Å². The zero-order valence-corrected chi connectivity index (χ0v) is 18.6. The lowest BCUT2D eigenvalue weighted by Crippen LogP contribution is -2.50. The fourth-order valence-electron chi connectivity index (χ4n) is 3.67. The van der Waals surface area contributed by atoms with Crippen LogP contribution in [0.2, 0.25) is 0 Å². The van der Waals surface area contributed by atoms with Crippen molar-refractivity contribution < 1.29 is 9.53 Å². The van der Waals surface area contributed by atoms with Crippen LogP contribution in [0.15, 0.2) is 60.7 Å². The van der Waals surface area contributed by atoms with Gasteiger partial charge in [-0.1, -0.05) is 48.0 Å². The number of amides is 1. The summed E-state index contributed by atoms with van der Waals surface area (Å²) in [5.41, 5.74) is 3.28. The smallest absolute Gasteiger partial charge is 0.248 e. The fourth-order valence-corrected chi connectivity index (χ4v) is 3.67. The molecule has 2 aromatic carbocycles. The maximum Gasteiger partial charge on any atom is 0.248 e. The zero-order chi connectivity index (χ0) is 22.3. The van der Waals surface area contributed by atoms with Crippen LogP contribution in [0.1, 0.15) is 17.0 Å². The predicted octanol–water partition coefficient (Wildman–Crippen LogP) is 3.70. The van der Waals surface area contributed by atoms with Crippen LogP contribution in [-0.4, -0.2) is 53.6 Å². The van der Waals surface area contributed by atoms with Crippen molar-refractivity contribution in [3.05, 3.63) is 77.6 Å². The minimum Gasteiger partial charge on any atom is -0.367 e. The van der Waals surface area contributed by atoms with E-state index in [0.29, 0.717) is 25.5 Å². The van der Waals surface area contributed by atoms with Gasteiger partial charge in [-0.3, -0.25) is 4.79 Å². The van der Waals surface area contributed by atoms with Crippen molar-refractivity contribution in [2.24, 2.45) is 0 Å². The number of aryl methyl sites for hydroxylation is 2. The van der Waals surface area contributed by atoms with E-state index in [1.807, 2.05) is 60.4 Å². The van der Waals surface area contributed by atoms with Gasteiger partial charge in [0.2, 0.25) is 5.91 Å². The van der Waals surface area contributed by atoms with Crippen molar-refractivity contribution >= 4 is 23.2 Å². The van der Waals surface area contributed by atoms with Gasteiger partial charge in [-0.2, -0.15) is 0 Å². The van der Waals surface area contributed by atoms with Crippen LogP contribution >= 0.6 is 0 Å². The summed E-state index contributed by atoms with van der Waals surface area (Å²) in [4.78, 5) is 25.7. The van der Waals surface area contributed by atoms with E-state index >= 15 is 0 Å². The number of rotatable bonds is 7. The second kappa shape index (κ2) is 10.2. The molecule has 0 radical (unpaired) electrons. The number of nitrogens with zero attached hydrogens (tertiary/aromatic N) is 4. The largest absolute Gasteiger partial charge is 0.367 e. The molecule has 0 spiro atoms. The summed E-state index contributed by atoms with van der Waals surface area (Å²) < 4.78 is 5.61. The lowest BCUT2D eigenvalue weighted by Gasteiger charge is -2.35. The Morgan fingerprint density at radius 3 is 2.41 bits per heavy atom. The minimum absolute atomic E-state index is 0.0289. The highest BCUT2D eigenvalue weighted by Crippen LogP contribution is 2.21. The Labute approximate surface area is 189 Å². The summed E-state index contributed by atoms with van der Waals surface area (Å²) in [6.07, 6.45) is 0. The molecule has 1 fully saturated rings. The molecule has 1 N–H and O–H groups in total. The van der Waals surface area contributed by atoms with Crippen LogP contribution in [-0.2, 0) is 16.1 Å². The van der Waals surface area contributed by atoms with Gasteiger partial charge in [-0.15, -0.1) is 0 Å². The molecule has 0 aliphatic carbocycles. The summed E-state index contributed by atoms with van der Waals surface area (Å²) in [5, 5.41) is 3.36. The Morgan fingerprint density at radius 2 is 1.69 bits per heavy atom. The molecule has 0 unspecified atom stereocenters. The second-order valence-corrected chi connectivity index (χ2v) is 8.00. The highest BCUT2D eigenvalue weighted by molar-refractivity contribution is 5.77. The highest BCUT2D eigenvalue weighted by atomic mass is 16.5. The Bertz CT molecular complexity index is 1030. The molecule has 0 atom stereocenters. The SMILES string of the molecule is Cc1ccc(Nc2cc(N3CCN(C(=O)COCc4ccccc4)CC3)nc(C)n2)cc1. The summed E-state index contributed by atoms with van der Waals surface area (Å²) in [6, 6.07) is 20.1. The summed E-state index contributed by atoms with van der Waals surface area (Å²) >= 11 is 0. The van der Waals surface area contributed by atoms with Gasteiger partial charge in [-0.05, 0) is 31.5 Å². The number of carbonyl (C=O) groups is 1. The van der Waals surface area contributed by atoms with Gasteiger partial charge in [0.1, 0.15) is 24.1 Å². The molecule has 1 amide bonds. The first-order valence-corrected chi connectivity index (χ1v) is 10.9. The van der Waals surface area contributed by atoms with Crippen LogP contribution in [0.25, 0.3) is 0 Å². The monoisotopic (exact) mass is 431 g/mol. The van der Waals surface area contributed by atoms with E-state index in [9.17, 15) is 4.79 Å². The Balaban J connectivity index is 1.30. The van der Waals surface area contributed by atoms with Crippen LogP contribution in [0, 0.1) is 13.8 Å². The van der Waals surface area contributed by atoms with Crippen molar-refractivity contribution in [3.8, 4) is 0 Å². The number of anilines is 3. The first-order valence-electron chi connectivity index (χ1n) is 10.9. The lowest BCUT2D eigenvalue weighted by atomic mass is 10.2. The van der Waals surface area contributed by atoms with E-state index in [-0.39, 0.29) is 12.5 Å². The Hall–Kier alpha value is -3.45. The van der Waals surface area contributed by atoms with E-state index in [0.717, 1.165) is 36.0 Å². The van der Waals surface area contributed by atoms with Gasteiger partial charge in [0.15, 0.2) is 0 Å². The second-order valence-electron chi connectivity index (χ2n) is 8.00. The summed E-state index contributed by atoms with van der Waals surface area (Å²) in [7, 11) is 0. The third-order valence-electron chi connectivity index (χ3n) is 5.44. The Morgan fingerprint density at radius 1 is 0.969 bits per heavy atom. The van der Waals surface area contributed by atoms with Crippen LogP contribution < -0.4 is 10.2 Å². The van der Waals surface area contributed by atoms with Crippen LogP contribution in [0.3, 0.4) is 0 Å². The van der Waals surface area contributed by atoms with E-state index in [2.05, 4.69) is 39.2 Å². The zero-order valence-electron chi connectivity index (χ0n) is 18.6. The number of nitrogens with one attached hydrogen (secondary N) is 1. The first kappa shape index (κ1) is 21.8. The lowest BCUT2D eigenvalue weighted by molar-refractivity contribution is -0.136. The van der Waals surface area contributed by atoms with Crippen LogP contribution in [0.5, 0.6) is 0 Å². The maximum atomic E-state index is 12.5. The number of hydrogen-bond donors (Lipinski definition) is 1. The van der Waals surface area contributed by atoms with Crippen molar-refractivity contribution in [3.63, 3.8) is 0 Å². The molecule has 1 aliphatic heterocycles. The third kappa shape index (κ3) is 5.82. The average molecular weight is 432 g/mol. The standard InChI is InChI=1S/C25H29N5O2/c1-19-8-10-22(11-9-19)28-23-16-24(27-20(2)26-23)29-12-14-30(15-13-29)25(31)18-32-17-21-6-4-3-5-7-21/h3-11,16H,12-15,17-18H2,1-2H3,(H,26,27,28). The number of carbonyl (C=O) groups excluding carboxylic acids is 1. The normalized spacial score (nSPS) is 13.8. The fraction of sp³-hybridized carbons (Fsp3) is 0.320. The average Bonchev–Trinajstić information content (AvgIpc) is 2.81. The molecule has 2 heterocycles. The van der Waals surface area contributed by atoms with Gasteiger partial charge in [0.05, 0.1) is 6.61 Å². The van der Waals surface area contributed by atoms with E-state index < -0.39 is 0 Å². The van der Waals surface area contributed by atoms with Gasteiger partial charge in [0.25, 0.3) is 0 Å². The molecule has 1 saturated heterocycles. The van der Waals surface area contributed by atoms with Crippen molar-refractivity contribution in [1.29, 1.82) is 0 Å². The van der Waals surface area contributed by atoms with Crippen molar-refractivity contribution in [2.75, 3.05) is 43.0 Å². The van der Waals surface area contributed by atoms with Gasteiger partial charge < -0.3 is 19.9 Å². The number of aromatic nitrogens is 2. The third-order valence-corrected chi connectivity index (χ3v) is 5.44. The number of ether oxygens (including phenoxy) is 1. The maximum absolute atomic E-state index is 12.5. The Kier molecular flexibility index (Phi) is 6.97. The molecule has 166 valence electrons. The number of piperazine rings is 1. The molecule has 4 rings (SSSR count).